The van der Waals surface area contributed by atoms with Crippen LogP contribution in [0.4, 0.5) is 5.69 Å². The van der Waals surface area contributed by atoms with Gasteiger partial charge in [0.25, 0.3) is 0 Å². The number of para-hydroxylation sites is 2. The van der Waals surface area contributed by atoms with Crippen LogP contribution in [0.2, 0.25) is 10.0 Å². The molecule has 98 valence electrons. The van der Waals surface area contributed by atoms with Crippen LogP contribution in [0.25, 0.3) is 0 Å². The van der Waals surface area contributed by atoms with Crippen molar-refractivity contribution in [1.82, 2.24) is 0 Å². The summed E-state index contributed by atoms with van der Waals surface area (Å²) in [5, 5.41) is 10.4. The van der Waals surface area contributed by atoms with Crippen molar-refractivity contribution < 1.29 is 9.84 Å². The molecule has 1 N–H and O–H groups in total. The normalized spacial score (nSPS) is 10.9. The fourth-order valence-electron chi connectivity index (χ4n) is 1.56. The number of nitrogens with zero attached hydrogens (tertiary/aromatic N) is 1. The van der Waals surface area contributed by atoms with Crippen LogP contribution in [0.5, 0.6) is 11.5 Å². The number of phenols is 1. The van der Waals surface area contributed by atoms with Crippen molar-refractivity contribution in [2.24, 2.45) is 4.99 Å². The smallest absolute Gasteiger partial charge is 0.144 e. The maximum Gasteiger partial charge on any atom is 0.144 e. The van der Waals surface area contributed by atoms with Crippen molar-refractivity contribution in [3.05, 3.63) is 52.0 Å². The van der Waals surface area contributed by atoms with Gasteiger partial charge in [0, 0.05) is 16.8 Å². The van der Waals surface area contributed by atoms with E-state index in [2.05, 4.69) is 4.99 Å². The van der Waals surface area contributed by atoms with E-state index in [1.165, 1.54) is 12.3 Å². The lowest BCUT2D eigenvalue weighted by Gasteiger charge is -2.04. The molecule has 0 aliphatic rings. The quantitative estimate of drug-likeness (QED) is 0.850. The molecular weight excluding hydrogens is 285 g/mol. The first-order valence-corrected chi connectivity index (χ1v) is 6.22. The molecule has 5 heteroatoms. The van der Waals surface area contributed by atoms with Gasteiger partial charge in [-0.1, -0.05) is 35.3 Å². The monoisotopic (exact) mass is 295 g/mol. The number of methoxy groups -OCH3 is 1. The predicted octanol–water partition coefficient (Wildman–Crippen LogP) is 4.46. The summed E-state index contributed by atoms with van der Waals surface area (Å²) in [5.74, 6) is 0.594. The van der Waals surface area contributed by atoms with Gasteiger partial charge in [0.2, 0.25) is 0 Å². The summed E-state index contributed by atoms with van der Waals surface area (Å²) in [6, 6.07) is 10.4. The summed E-state index contributed by atoms with van der Waals surface area (Å²) in [6.45, 7) is 0. The number of hydrogen-bond acceptors (Lipinski definition) is 3. The summed E-state index contributed by atoms with van der Waals surface area (Å²) in [4.78, 5) is 4.26. The van der Waals surface area contributed by atoms with Crippen LogP contribution < -0.4 is 4.74 Å². The van der Waals surface area contributed by atoms with E-state index in [0.717, 1.165) is 0 Å². The van der Waals surface area contributed by atoms with Crippen molar-refractivity contribution in [2.75, 3.05) is 7.11 Å². The molecule has 2 aromatic rings. The summed E-state index contributed by atoms with van der Waals surface area (Å²) < 4.78 is 5.18. The molecule has 0 spiro atoms. The zero-order valence-corrected chi connectivity index (χ0v) is 11.6. The molecule has 2 rings (SSSR count). The fraction of sp³-hybridized carbons (Fsp3) is 0.0714. The highest BCUT2D eigenvalue weighted by atomic mass is 35.5. The van der Waals surface area contributed by atoms with E-state index in [9.17, 15) is 5.11 Å². The van der Waals surface area contributed by atoms with Crippen LogP contribution in [0.1, 0.15) is 5.56 Å². The van der Waals surface area contributed by atoms with E-state index in [1.807, 2.05) is 12.1 Å². The van der Waals surface area contributed by atoms with E-state index in [1.54, 1.807) is 25.3 Å². The summed E-state index contributed by atoms with van der Waals surface area (Å²) in [5.41, 5.74) is 1.10. The fourth-order valence-corrected chi connectivity index (χ4v) is 2.07. The van der Waals surface area contributed by atoms with Gasteiger partial charge in [-0.05, 0) is 24.3 Å². The molecule has 19 heavy (non-hydrogen) atoms. The second kappa shape index (κ2) is 5.95. The van der Waals surface area contributed by atoms with Crippen LogP contribution in [-0.4, -0.2) is 18.4 Å². The third kappa shape index (κ3) is 3.19. The van der Waals surface area contributed by atoms with Gasteiger partial charge in [0.05, 0.1) is 12.1 Å². The Morgan fingerprint density at radius 3 is 2.68 bits per heavy atom. The highest BCUT2D eigenvalue weighted by molar-refractivity contribution is 6.36. The Morgan fingerprint density at radius 2 is 1.95 bits per heavy atom. The Labute approximate surface area is 121 Å². The highest BCUT2D eigenvalue weighted by Gasteiger charge is 2.06. The number of benzene rings is 2. The second-order valence-electron chi connectivity index (χ2n) is 3.76. The molecule has 0 aliphatic heterocycles. The average molecular weight is 296 g/mol. The van der Waals surface area contributed by atoms with Crippen LogP contribution in [0.3, 0.4) is 0 Å². The van der Waals surface area contributed by atoms with Crippen molar-refractivity contribution in [1.29, 1.82) is 0 Å². The van der Waals surface area contributed by atoms with E-state index in [-0.39, 0.29) is 10.8 Å². The van der Waals surface area contributed by atoms with Crippen molar-refractivity contribution in [3.63, 3.8) is 0 Å². The Bertz CT molecular complexity index is 627. The number of aliphatic imine (C=N–C) groups is 1. The average Bonchev–Trinajstić information content (AvgIpc) is 2.41. The van der Waals surface area contributed by atoms with Gasteiger partial charge in [0.15, 0.2) is 0 Å². The van der Waals surface area contributed by atoms with E-state index >= 15 is 0 Å². The molecule has 0 amide bonds. The topological polar surface area (TPSA) is 41.8 Å². The summed E-state index contributed by atoms with van der Waals surface area (Å²) >= 11 is 11.7. The van der Waals surface area contributed by atoms with Crippen molar-refractivity contribution in [3.8, 4) is 11.5 Å². The SMILES string of the molecule is COc1ccccc1N=Cc1cc(Cl)cc(Cl)c1O. The largest absolute Gasteiger partial charge is 0.506 e. The zero-order valence-electron chi connectivity index (χ0n) is 10.1. The minimum atomic E-state index is -0.0512. The van der Waals surface area contributed by atoms with Crippen molar-refractivity contribution >= 4 is 35.1 Å². The lowest BCUT2D eigenvalue weighted by molar-refractivity contribution is 0.416. The summed E-state index contributed by atoms with van der Waals surface area (Å²) in [7, 11) is 1.57. The molecule has 0 saturated heterocycles. The lowest BCUT2D eigenvalue weighted by atomic mass is 10.2. The van der Waals surface area contributed by atoms with Gasteiger partial charge in [-0.3, -0.25) is 4.99 Å². The highest BCUT2D eigenvalue weighted by Crippen LogP contribution is 2.31. The van der Waals surface area contributed by atoms with Crippen molar-refractivity contribution in [2.45, 2.75) is 0 Å². The number of aromatic hydroxyl groups is 1. The number of phenolic OH excluding ortho intramolecular Hbond substituents is 1. The predicted molar refractivity (Wildman–Crippen MR) is 78.4 cm³/mol. The molecule has 2 aromatic carbocycles. The number of halogens is 2. The molecule has 0 bridgehead atoms. The molecule has 0 radical (unpaired) electrons. The Balaban J connectivity index is 2.38. The Hall–Kier alpha value is -1.71. The molecule has 0 heterocycles. The number of ether oxygens (including phenoxy) is 1. The van der Waals surface area contributed by atoms with Gasteiger partial charge in [0.1, 0.15) is 17.2 Å². The first-order valence-electron chi connectivity index (χ1n) is 5.47. The first kappa shape index (κ1) is 13.7. The summed E-state index contributed by atoms with van der Waals surface area (Å²) in [6.07, 6.45) is 1.49. The molecule has 0 atom stereocenters. The maximum absolute atomic E-state index is 9.81. The molecule has 0 fully saturated rings. The molecule has 0 aromatic heterocycles. The maximum atomic E-state index is 9.81. The van der Waals surface area contributed by atoms with E-state index in [4.69, 9.17) is 27.9 Å². The van der Waals surface area contributed by atoms with Gasteiger partial charge in [-0.15, -0.1) is 0 Å². The third-order valence-electron chi connectivity index (χ3n) is 2.49. The number of rotatable bonds is 3. The van der Waals surface area contributed by atoms with E-state index in [0.29, 0.717) is 22.0 Å². The molecule has 0 saturated carbocycles. The van der Waals surface area contributed by atoms with Gasteiger partial charge in [-0.25, -0.2) is 0 Å². The van der Waals surface area contributed by atoms with Crippen LogP contribution in [-0.2, 0) is 0 Å². The van der Waals surface area contributed by atoms with Crippen LogP contribution in [0, 0.1) is 0 Å². The van der Waals surface area contributed by atoms with Crippen LogP contribution in [0.15, 0.2) is 41.4 Å². The molecule has 0 aliphatic carbocycles. The van der Waals surface area contributed by atoms with Crippen LogP contribution >= 0.6 is 23.2 Å². The molecule has 3 nitrogen and oxygen atoms in total. The minimum Gasteiger partial charge on any atom is -0.506 e. The Morgan fingerprint density at radius 1 is 1.21 bits per heavy atom. The second-order valence-corrected chi connectivity index (χ2v) is 4.60. The standard InChI is InChI=1S/C14H11Cl2NO2/c1-19-13-5-3-2-4-12(13)17-8-9-6-10(15)7-11(16)14(9)18/h2-8,18H,1H3. The van der Waals surface area contributed by atoms with Gasteiger partial charge in [-0.2, -0.15) is 0 Å². The van der Waals surface area contributed by atoms with E-state index < -0.39 is 0 Å². The first-order chi connectivity index (χ1) is 9.11. The zero-order chi connectivity index (χ0) is 13.8. The molecular formula is C14H11Cl2NO2. The van der Waals surface area contributed by atoms with Gasteiger partial charge < -0.3 is 9.84 Å². The Kier molecular flexibility index (Phi) is 4.30. The lowest BCUT2D eigenvalue weighted by Crippen LogP contribution is -1.86. The number of hydrogen-bond donors (Lipinski definition) is 1. The molecule has 0 unspecified atom stereocenters. The minimum absolute atomic E-state index is 0.0512. The van der Waals surface area contributed by atoms with Gasteiger partial charge >= 0.3 is 0 Å². The third-order valence-corrected chi connectivity index (χ3v) is 2.99.